The van der Waals surface area contributed by atoms with Gasteiger partial charge in [0.15, 0.2) is 17.4 Å². The van der Waals surface area contributed by atoms with Crippen molar-refractivity contribution in [3.05, 3.63) is 105 Å². The van der Waals surface area contributed by atoms with Crippen LogP contribution < -0.4 is 28.1 Å². The second kappa shape index (κ2) is 22.3. The number of aromatic nitrogens is 4. The van der Waals surface area contributed by atoms with Gasteiger partial charge in [0.05, 0.1) is 0 Å². The van der Waals surface area contributed by atoms with E-state index in [-0.39, 0.29) is 24.0 Å². The van der Waals surface area contributed by atoms with Gasteiger partial charge in [-0.05, 0) is 57.6 Å². The van der Waals surface area contributed by atoms with Crippen molar-refractivity contribution < 1.29 is 32.8 Å². The maximum absolute atomic E-state index is 11.6. The first-order valence-electron chi connectivity index (χ1n) is 17.5. The summed E-state index contributed by atoms with van der Waals surface area (Å²) in [7, 11) is 0. The van der Waals surface area contributed by atoms with Crippen LogP contribution in [0.25, 0.3) is 0 Å². The van der Waals surface area contributed by atoms with Crippen LogP contribution in [0.2, 0.25) is 10.3 Å². The number of quaternary nitrogens is 1. The summed E-state index contributed by atoms with van der Waals surface area (Å²) in [6.45, 7) is 12.2. The fourth-order valence-electron chi connectivity index (χ4n) is 5.70. The van der Waals surface area contributed by atoms with E-state index < -0.39 is 0 Å². The summed E-state index contributed by atoms with van der Waals surface area (Å²) in [5.74, 6) is 5.40. The quantitative estimate of drug-likeness (QED) is 0.105. The zero-order chi connectivity index (χ0) is 36.6. The molecule has 0 atom stereocenters. The van der Waals surface area contributed by atoms with Gasteiger partial charge < -0.3 is 27.0 Å². The number of oxime groups is 1. The van der Waals surface area contributed by atoms with Gasteiger partial charge in [0.1, 0.15) is 40.9 Å². The molecule has 6 rings (SSSR count). The molecule has 0 saturated carbocycles. The molecule has 0 radical (unpaired) electrons. The lowest BCUT2D eigenvalue weighted by Gasteiger charge is -2.21. The number of hydrogen-bond donors (Lipinski definition) is 1. The number of benzene rings is 2. The van der Waals surface area contributed by atoms with Gasteiger partial charge >= 0.3 is 0 Å². The zero-order valence-corrected chi connectivity index (χ0v) is 32.7. The molecule has 4 aromatic rings. The Morgan fingerprint density at radius 1 is 0.712 bits per heavy atom. The Morgan fingerprint density at radius 3 is 1.50 bits per heavy atom. The predicted octanol–water partition coefficient (Wildman–Crippen LogP) is 3.79. The van der Waals surface area contributed by atoms with Crippen LogP contribution in [-0.4, -0.2) is 70.8 Å². The Hall–Kier alpha value is -3.87. The average Bonchev–Trinajstić information content (AvgIpc) is 3.89. The van der Waals surface area contributed by atoms with Gasteiger partial charge in [0, 0.05) is 57.1 Å². The molecule has 3 N–H and O–H groups in total. The molecule has 2 aliphatic heterocycles. The Kier molecular flexibility index (Phi) is 18.2. The molecule has 0 bridgehead atoms. The predicted molar refractivity (Wildman–Crippen MR) is 204 cm³/mol. The molecule has 280 valence electrons. The second-order valence-electron chi connectivity index (χ2n) is 12.1. The van der Waals surface area contributed by atoms with Crippen LogP contribution >= 0.6 is 23.2 Å². The van der Waals surface area contributed by atoms with E-state index in [1.807, 2.05) is 57.2 Å². The minimum Gasteiger partial charge on any atom is -1.00 e. The molecule has 0 aliphatic carbocycles. The molecule has 11 nitrogen and oxygen atoms in total. The van der Waals surface area contributed by atoms with E-state index >= 15 is 0 Å². The van der Waals surface area contributed by atoms with Gasteiger partial charge in [0.2, 0.25) is 0 Å². The number of anilines is 2. The lowest BCUT2D eigenvalue weighted by molar-refractivity contribution is -0.688. The topological polar surface area (TPSA) is 134 Å². The van der Waals surface area contributed by atoms with Crippen LogP contribution in [0, 0.1) is 0 Å². The molecular formula is C38H49Cl3N8O3. The standard InChI is InChI=1S/C19H23ClN4O.C17H18ClN3O.C2H8NO.ClH/c1-3-25-23-14(2)18-21-17(20)16(13-15-9-5-4-6-10-15)19(22-18)24-11-7-8-12-24;1-12(22)16-19-15(18)14(11-13-7-3-2-4-8-13)17(20-16)21-9-5-6-10-21;1-2-4-3;/h4-6,9-10H,3,7-8,11-13H2,1-2H3;2-4,7-8H,5-6,9-11H2,1H3;2H2,1,3H3;1H/q;;+1;/p-1/b23-14+;;;. The highest BCUT2D eigenvalue weighted by Gasteiger charge is 2.24. The van der Waals surface area contributed by atoms with Gasteiger partial charge in [-0.2, -0.15) is 0 Å². The fourth-order valence-corrected chi connectivity index (χ4v) is 6.16. The number of Topliss-reactive ketones (excluding diaryl/α,β-unsaturated/α-hetero) is 1. The number of rotatable bonds is 11. The summed E-state index contributed by atoms with van der Waals surface area (Å²) in [6, 6.07) is 20.4. The van der Waals surface area contributed by atoms with Gasteiger partial charge in [-0.15, -0.1) is 0 Å². The molecule has 2 aromatic heterocycles. The van der Waals surface area contributed by atoms with E-state index in [2.05, 4.69) is 64.9 Å². The first-order valence-corrected chi connectivity index (χ1v) is 18.3. The molecular weight excluding hydrogens is 723 g/mol. The molecule has 0 spiro atoms. The average molecular weight is 772 g/mol. The van der Waals surface area contributed by atoms with E-state index in [4.69, 9.17) is 33.0 Å². The van der Waals surface area contributed by atoms with Gasteiger partial charge in [-0.25, -0.2) is 30.7 Å². The Morgan fingerprint density at radius 2 is 1.12 bits per heavy atom. The molecule has 2 aliphatic rings. The molecule has 14 heteroatoms. The van der Waals surface area contributed by atoms with Gasteiger partial charge in [-0.1, -0.05) is 89.0 Å². The molecule has 52 heavy (non-hydrogen) atoms. The Bertz CT molecular complexity index is 1720. The summed E-state index contributed by atoms with van der Waals surface area (Å²) < 4.78 is 0. The summed E-state index contributed by atoms with van der Waals surface area (Å²) in [6.07, 6.45) is 6.02. The third-order valence-corrected chi connectivity index (χ3v) is 8.93. The number of carbonyl (C=O) groups excluding carboxylic acids is 1. The van der Waals surface area contributed by atoms with Crippen LogP contribution in [0.5, 0.6) is 0 Å². The number of hydrogen-bond acceptors (Lipinski definition) is 10. The number of nitrogens with zero attached hydrogens (tertiary/aromatic N) is 7. The smallest absolute Gasteiger partial charge is 0.199 e. The Labute approximate surface area is 323 Å². The molecule has 0 amide bonds. The van der Waals surface area contributed by atoms with Crippen molar-refractivity contribution in [2.45, 2.75) is 66.2 Å². The van der Waals surface area contributed by atoms with Crippen LogP contribution in [0.1, 0.15) is 92.1 Å². The third kappa shape index (κ3) is 12.4. The summed E-state index contributed by atoms with van der Waals surface area (Å²) in [4.78, 5) is 43.5. The van der Waals surface area contributed by atoms with Crippen molar-refractivity contribution in [3.63, 3.8) is 0 Å². The van der Waals surface area contributed by atoms with Crippen molar-refractivity contribution in [2.24, 2.45) is 5.16 Å². The van der Waals surface area contributed by atoms with Crippen molar-refractivity contribution in [1.82, 2.24) is 19.9 Å². The lowest BCUT2D eigenvalue weighted by atomic mass is 10.1. The van der Waals surface area contributed by atoms with E-state index in [1.165, 1.54) is 25.3 Å². The monoisotopic (exact) mass is 770 g/mol. The second-order valence-corrected chi connectivity index (χ2v) is 12.9. The Balaban J connectivity index is 0.000000251. The molecule has 2 fully saturated rings. The number of carbonyl (C=O) groups is 1. The van der Waals surface area contributed by atoms with E-state index in [0.29, 0.717) is 47.9 Å². The first-order chi connectivity index (χ1) is 24.7. The lowest BCUT2D eigenvalue weighted by Crippen LogP contribution is -3.00. The minimum absolute atomic E-state index is 0. The van der Waals surface area contributed by atoms with E-state index in [9.17, 15) is 4.79 Å². The SMILES string of the molecule is CC(=O)c1nc(Cl)c(Cc2ccccc2)c(N2CCCC2)n1.CCO/N=C(\C)c1nc(Cl)c(Cc2ccccc2)c(N2CCCC2)n1.CCO[NH3+].[Cl-]. The molecule has 2 saturated heterocycles. The van der Waals surface area contributed by atoms with Crippen molar-refractivity contribution in [1.29, 1.82) is 0 Å². The van der Waals surface area contributed by atoms with E-state index in [0.717, 1.165) is 67.3 Å². The van der Waals surface area contributed by atoms with Crippen molar-refractivity contribution >= 4 is 46.3 Å². The van der Waals surface area contributed by atoms with E-state index in [1.54, 1.807) is 0 Å². The summed E-state index contributed by atoms with van der Waals surface area (Å²) in [5.41, 5.74) is 4.86. The van der Waals surface area contributed by atoms with Gasteiger partial charge in [-0.3, -0.25) is 4.79 Å². The summed E-state index contributed by atoms with van der Waals surface area (Å²) >= 11 is 12.9. The fraction of sp³-hybridized carbons (Fsp3) is 0.421. The highest BCUT2D eigenvalue weighted by Crippen LogP contribution is 2.31. The zero-order valence-electron chi connectivity index (χ0n) is 30.5. The maximum Gasteiger partial charge on any atom is 0.199 e. The maximum atomic E-state index is 11.6. The summed E-state index contributed by atoms with van der Waals surface area (Å²) in [5, 5.41) is 4.92. The van der Waals surface area contributed by atoms with Gasteiger partial charge in [0.25, 0.3) is 0 Å². The largest absolute Gasteiger partial charge is 1.00 e. The van der Waals surface area contributed by atoms with Crippen molar-refractivity contribution in [2.75, 3.05) is 49.2 Å². The third-order valence-electron chi connectivity index (χ3n) is 8.30. The first kappa shape index (κ1) is 42.5. The molecule has 4 heterocycles. The normalized spacial score (nSPS) is 13.8. The van der Waals surface area contributed by atoms with Crippen LogP contribution in [-0.2, 0) is 22.5 Å². The molecule has 2 aromatic carbocycles. The number of halogens is 3. The van der Waals surface area contributed by atoms with Crippen molar-refractivity contribution in [3.8, 4) is 0 Å². The highest BCUT2D eigenvalue weighted by atomic mass is 35.5. The van der Waals surface area contributed by atoms with Crippen LogP contribution in [0.15, 0.2) is 65.8 Å². The van der Waals surface area contributed by atoms with Crippen LogP contribution in [0.3, 0.4) is 0 Å². The minimum atomic E-state index is -0.159. The number of ketones is 1. The highest BCUT2D eigenvalue weighted by molar-refractivity contribution is 6.31. The van der Waals surface area contributed by atoms with Crippen LogP contribution in [0.4, 0.5) is 11.6 Å². The molecule has 0 unspecified atom stereocenters.